The number of halogens is 3. The molecule has 1 aliphatic heterocycles. The van der Waals surface area contributed by atoms with Gasteiger partial charge in [0.05, 0.1) is 17.4 Å². The van der Waals surface area contributed by atoms with Crippen molar-refractivity contribution in [3.8, 4) is 0 Å². The minimum Gasteiger partial charge on any atom is -0.345 e. The van der Waals surface area contributed by atoms with Crippen LogP contribution >= 0.6 is 0 Å². The molecule has 4 rings (SSSR count). The van der Waals surface area contributed by atoms with Gasteiger partial charge in [0, 0.05) is 25.7 Å². The van der Waals surface area contributed by atoms with Gasteiger partial charge < -0.3 is 14.8 Å². The normalized spacial score (nSPS) is 15.8. The Kier molecular flexibility index (Phi) is 6.26. The number of benzene rings is 1. The third-order valence-corrected chi connectivity index (χ3v) is 5.67. The quantitative estimate of drug-likeness (QED) is 0.618. The molecule has 0 unspecified atom stereocenters. The summed E-state index contributed by atoms with van der Waals surface area (Å²) in [7, 11) is 0. The summed E-state index contributed by atoms with van der Waals surface area (Å²) in [4.78, 5) is 24.4. The van der Waals surface area contributed by atoms with Crippen LogP contribution in [0.4, 0.5) is 13.2 Å². The number of carbonyl (C=O) groups is 1. The number of nitrogens with one attached hydrogen (secondary N) is 2. The first kappa shape index (κ1) is 21.4. The van der Waals surface area contributed by atoms with Crippen LogP contribution in [0.25, 0.3) is 11.0 Å². The predicted molar refractivity (Wildman–Crippen MR) is 109 cm³/mol. The van der Waals surface area contributed by atoms with Gasteiger partial charge in [-0.25, -0.2) is 4.98 Å². The van der Waals surface area contributed by atoms with E-state index in [-0.39, 0.29) is 12.2 Å². The molecule has 2 N–H and O–H groups in total. The number of H-pyrrole nitrogens is 2. The fourth-order valence-electron chi connectivity index (χ4n) is 3.97. The standard InChI is InChI=1S/C21H25F3N6O/c22-21(23,24)18-12-17(27-28-18)20(31)30(11-10-29-8-3-1-2-4-9-29)13-15-6-5-7-16-19(15)26-14-25-16/h5-7,12,14H,1-4,8-11,13H2,(H,25,26)(H,27,28). The number of carbonyl (C=O) groups excluding carboxylic acids is 1. The van der Waals surface area contributed by atoms with Crippen LogP contribution in [0.3, 0.4) is 0 Å². The highest BCUT2D eigenvalue weighted by Crippen LogP contribution is 2.28. The second kappa shape index (κ2) is 9.09. The second-order valence-electron chi connectivity index (χ2n) is 7.86. The van der Waals surface area contributed by atoms with E-state index in [4.69, 9.17) is 0 Å². The van der Waals surface area contributed by atoms with E-state index in [1.54, 1.807) is 11.2 Å². The molecule has 0 radical (unpaired) electrons. The molecule has 1 fully saturated rings. The summed E-state index contributed by atoms with van der Waals surface area (Å²) in [5.41, 5.74) is 1.15. The average Bonchev–Trinajstić information content (AvgIpc) is 3.36. The smallest absolute Gasteiger partial charge is 0.345 e. The van der Waals surface area contributed by atoms with E-state index in [9.17, 15) is 18.0 Å². The monoisotopic (exact) mass is 434 g/mol. The van der Waals surface area contributed by atoms with Gasteiger partial charge >= 0.3 is 6.18 Å². The maximum absolute atomic E-state index is 13.1. The third-order valence-electron chi connectivity index (χ3n) is 5.67. The lowest BCUT2D eigenvalue weighted by molar-refractivity contribution is -0.141. The first-order valence-electron chi connectivity index (χ1n) is 10.5. The number of imidazole rings is 1. The van der Waals surface area contributed by atoms with Gasteiger partial charge in [-0.15, -0.1) is 0 Å². The Labute approximate surface area is 177 Å². The zero-order chi connectivity index (χ0) is 21.8. The molecule has 10 heteroatoms. The summed E-state index contributed by atoms with van der Waals surface area (Å²) in [6.07, 6.45) is 1.65. The van der Waals surface area contributed by atoms with E-state index in [0.717, 1.165) is 48.6 Å². The van der Waals surface area contributed by atoms with E-state index >= 15 is 0 Å². The van der Waals surface area contributed by atoms with Crippen LogP contribution in [0, 0.1) is 0 Å². The third kappa shape index (κ3) is 5.07. The zero-order valence-electron chi connectivity index (χ0n) is 17.1. The van der Waals surface area contributed by atoms with Crippen molar-refractivity contribution < 1.29 is 18.0 Å². The lowest BCUT2D eigenvalue weighted by Crippen LogP contribution is -2.39. The largest absolute Gasteiger partial charge is 0.432 e. The molecule has 0 aliphatic carbocycles. The number of fused-ring (bicyclic) bond motifs is 1. The van der Waals surface area contributed by atoms with Gasteiger partial charge in [-0.3, -0.25) is 9.89 Å². The summed E-state index contributed by atoms with van der Waals surface area (Å²) in [5.74, 6) is -0.533. The molecule has 0 atom stereocenters. The van der Waals surface area contributed by atoms with E-state index in [1.807, 2.05) is 23.3 Å². The summed E-state index contributed by atoms with van der Waals surface area (Å²) in [5, 5.41) is 5.57. The zero-order valence-corrected chi connectivity index (χ0v) is 17.1. The van der Waals surface area contributed by atoms with Crippen molar-refractivity contribution in [1.82, 2.24) is 30.0 Å². The number of likely N-dealkylation sites (tertiary alicyclic amines) is 1. The number of hydrogen-bond donors (Lipinski definition) is 2. The second-order valence-corrected chi connectivity index (χ2v) is 7.86. The first-order valence-corrected chi connectivity index (χ1v) is 10.5. The molecule has 2 aromatic heterocycles. The van der Waals surface area contributed by atoms with Crippen molar-refractivity contribution in [2.24, 2.45) is 0 Å². The maximum atomic E-state index is 13.1. The summed E-state index contributed by atoms with van der Waals surface area (Å²) in [6.45, 7) is 3.24. The fourth-order valence-corrected chi connectivity index (χ4v) is 3.97. The van der Waals surface area contributed by atoms with Crippen molar-refractivity contribution in [3.05, 3.63) is 47.5 Å². The van der Waals surface area contributed by atoms with E-state index < -0.39 is 17.8 Å². The summed E-state index contributed by atoms with van der Waals surface area (Å²) in [6, 6.07) is 6.40. The Morgan fingerprint density at radius 3 is 2.65 bits per heavy atom. The number of amides is 1. The molecule has 3 aromatic rings. The molecular formula is C21H25F3N6O. The Bertz CT molecular complexity index is 1020. The van der Waals surface area contributed by atoms with E-state index in [0.29, 0.717) is 13.1 Å². The van der Waals surface area contributed by atoms with Crippen molar-refractivity contribution in [2.45, 2.75) is 38.4 Å². The lowest BCUT2D eigenvalue weighted by atomic mass is 10.1. The topological polar surface area (TPSA) is 80.9 Å². The van der Waals surface area contributed by atoms with Crippen LogP contribution < -0.4 is 0 Å². The lowest BCUT2D eigenvalue weighted by Gasteiger charge is -2.27. The fraction of sp³-hybridized carbons (Fsp3) is 0.476. The van der Waals surface area contributed by atoms with E-state index in [2.05, 4.69) is 20.0 Å². The molecule has 166 valence electrons. The van der Waals surface area contributed by atoms with Crippen molar-refractivity contribution in [1.29, 1.82) is 0 Å². The number of nitrogens with zero attached hydrogens (tertiary/aromatic N) is 4. The number of rotatable bonds is 6. The van der Waals surface area contributed by atoms with Crippen molar-refractivity contribution in [3.63, 3.8) is 0 Å². The molecule has 1 saturated heterocycles. The molecule has 0 spiro atoms. The molecule has 0 saturated carbocycles. The van der Waals surface area contributed by atoms with E-state index in [1.165, 1.54) is 12.8 Å². The number of hydrogen-bond acceptors (Lipinski definition) is 4. The molecule has 0 bridgehead atoms. The molecule has 3 heterocycles. The van der Waals surface area contributed by atoms with Gasteiger partial charge in [-0.1, -0.05) is 25.0 Å². The molecule has 1 aromatic carbocycles. The van der Waals surface area contributed by atoms with Crippen molar-refractivity contribution in [2.75, 3.05) is 26.2 Å². The van der Waals surface area contributed by atoms with Gasteiger partial charge in [0.25, 0.3) is 5.91 Å². The maximum Gasteiger partial charge on any atom is 0.432 e. The summed E-state index contributed by atoms with van der Waals surface area (Å²) >= 11 is 0. The van der Waals surface area contributed by atoms with Crippen LogP contribution in [0.1, 0.15) is 47.4 Å². The SMILES string of the molecule is O=C(c1cc(C(F)(F)F)[nH]n1)N(CCN1CCCCCC1)Cc1cccc2[nH]cnc12. The number of aromatic amines is 2. The minimum absolute atomic E-state index is 0.239. The Morgan fingerprint density at radius 2 is 1.94 bits per heavy atom. The number of para-hydroxylation sites is 1. The number of aromatic nitrogens is 4. The van der Waals surface area contributed by atoms with Gasteiger partial charge in [0.1, 0.15) is 5.69 Å². The Balaban J connectivity index is 1.56. The highest BCUT2D eigenvalue weighted by atomic mass is 19.4. The van der Waals surface area contributed by atoms with Crippen LogP contribution in [0.2, 0.25) is 0 Å². The van der Waals surface area contributed by atoms with Crippen molar-refractivity contribution >= 4 is 16.9 Å². The highest BCUT2D eigenvalue weighted by molar-refractivity contribution is 5.92. The number of alkyl halides is 3. The van der Waals surface area contributed by atoms with Crippen LogP contribution in [0.15, 0.2) is 30.6 Å². The van der Waals surface area contributed by atoms with Gasteiger partial charge in [0.2, 0.25) is 0 Å². The molecule has 1 aliphatic rings. The molecule has 7 nitrogen and oxygen atoms in total. The van der Waals surface area contributed by atoms with Gasteiger partial charge in [-0.05, 0) is 37.6 Å². The van der Waals surface area contributed by atoms with Crippen LogP contribution in [-0.4, -0.2) is 62.1 Å². The van der Waals surface area contributed by atoms with Gasteiger partial charge in [0.15, 0.2) is 5.69 Å². The predicted octanol–water partition coefficient (Wildman–Crippen LogP) is 3.82. The highest BCUT2D eigenvalue weighted by Gasteiger charge is 2.34. The van der Waals surface area contributed by atoms with Gasteiger partial charge in [-0.2, -0.15) is 18.3 Å². The average molecular weight is 434 g/mol. The summed E-state index contributed by atoms with van der Waals surface area (Å²) < 4.78 is 38.9. The Hall–Kier alpha value is -2.88. The van der Waals surface area contributed by atoms with Crippen LogP contribution in [0.5, 0.6) is 0 Å². The first-order chi connectivity index (χ1) is 14.9. The minimum atomic E-state index is -4.58. The molecule has 31 heavy (non-hydrogen) atoms. The molecular weight excluding hydrogens is 409 g/mol. The Morgan fingerprint density at radius 1 is 1.16 bits per heavy atom. The van der Waals surface area contributed by atoms with Crippen LogP contribution in [-0.2, 0) is 12.7 Å². The molecule has 1 amide bonds.